The van der Waals surface area contributed by atoms with E-state index >= 15 is 0 Å². The van der Waals surface area contributed by atoms with Gasteiger partial charge in [0.15, 0.2) is 0 Å². The maximum Gasteiger partial charge on any atom is 0.374 e. The Morgan fingerprint density at radius 3 is 2.94 bits per heavy atom. The second kappa shape index (κ2) is 4.17. The van der Waals surface area contributed by atoms with E-state index in [1.54, 1.807) is 13.8 Å². The summed E-state index contributed by atoms with van der Waals surface area (Å²) in [6, 6.07) is 0. The Bertz CT molecular complexity index is 644. The highest BCUT2D eigenvalue weighted by atomic mass is 32.1. The third-order valence-electron chi connectivity index (χ3n) is 2.31. The average molecular weight is 253 g/mol. The van der Waals surface area contributed by atoms with Crippen LogP contribution >= 0.6 is 11.3 Å². The van der Waals surface area contributed by atoms with Crippen molar-refractivity contribution in [1.82, 2.24) is 9.97 Å². The molecule has 90 valence electrons. The van der Waals surface area contributed by atoms with Gasteiger partial charge in [0.1, 0.15) is 4.83 Å². The van der Waals surface area contributed by atoms with Gasteiger partial charge in [-0.05, 0) is 19.4 Å². The smallest absolute Gasteiger partial charge is 0.374 e. The molecule has 0 radical (unpaired) electrons. The molecule has 0 bridgehead atoms. The third-order valence-corrected chi connectivity index (χ3v) is 3.32. The lowest BCUT2D eigenvalue weighted by Gasteiger charge is -2.00. The predicted octanol–water partition coefficient (Wildman–Crippen LogP) is 1.05. The van der Waals surface area contributed by atoms with Crippen LogP contribution in [0.2, 0.25) is 0 Å². The molecule has 0 aliphatic heterocycles. The number of fused-ring (bicyclic) bond motifs is 1. The molecule has 2 heterocycles. The van der Waals surface area contributed by atoms with Gasteiger partial charge < -0.3 is 15.5 Å². The number of thiophene rings is 1. The lowest BCUT2D eigenvalue weighted by atomic mass is 10.2. The molecule has 2 rings (SSSR count). The third kappa shape index (κ3) is 1.89. The van der Waals surface area contributed by atoms with Crippen LogP contribution in [0.1, 0.15) is 23.1 Å². The van der Waals surface area contributed by atoms with Crippen molar-refractivity contribution < 1.29 is 9.53 Å². The van der Waals surface area contributed by atoms with Gasteiger partial charge in [0.05, 0.1) is 17.0 Å². The van der Waals surface area contributed by atoms with E-state index in [9.17, 15) is 9.59 Å². The summed E-state index contributed by atoms with van der Waals surface area (Å²) in [7, 11) is 0. The largest absolute Gasteiger partial charge is 0.460 e. The summed E-state index contributed by atoms with van der Waals surface area (Å²) in [6.45, 7) is 3.66. The molecule has 0 saturated carbocycles. The van der Waals surface area contributed by atoms with Gasteiger partial charge in [-0.15, -0.1) is 0 Å². The zero-order valence-corrected chi connectivity index (χ0v) is 10.2. The lowest BCUT2D eigenvalue weighted by Crippen LogP contribution is -2.17. The van der Waals surface area contributed by atoms with Crippen LogP contribution < -0.4 is 11.3 Å². The number of ether oxygens (including phenoxy) is 1. The molecule has 0 fully saturated rings. The lowest BCUT2D eigenvalue weighted by molar-refractivity contribution is 0.0512. The fourth-order valence-electron chi connectivity index (χ4n) is 1.46. The number of anilines is 1. The Morgan fingerprint density at radius 1 is 1.59 bits per heavy atom. The minimum Gasteiger partial charge on any atom is -0.460 e. The minimum absolute atomic E-state index is 0.0920. The number of H-pyrrole nitrogens is 1. The highest BCUT2D eigenvalue weighted by molar-refractivity contribution is 7.22. The molecular formula is C10H11N3O3S. The van der Waals surface area contributed by atoms with Crippen LogP contribution in [0.3, 0.4) is 0 Å². The number of hydrogen-bond donors (Lipinski definition) is 2. The van der Waals surface area contributed by atoms with Crippen molar-refractivity contribution in [2.45, 2.75) is 13.8 Å². The standard InChI is InChI=1S/C10H11N3O3S/c1-3-16-10(15)7-12-8(14)5-4(2)6(11)17-9(5)13-7/h3,11H2,1-2H3,(H,12,13,14). The molecule has 17 heavy (non-hydrogen) atoms. The SMILES string of the molecule is CCOC(=O)c1nc2sc(N)c(C)c2c(=O)[nH]1. The van der Waals surface area contributed by atoms with Crippen molar-refractivity contribution in [3.63, 3.8) is 0 Å². The van der Waals surface area contributed by atoms with Gasteiger partial charge in [0, 0.05) is 0 Å². The summed E-state index contributed by atoms with van der Waals surface area (Å²) in [5, 5.41) is 0.958. The Hall–Kier alpha value is -1.89. The highest BCUT2D eigenvalue weighted by Gasteiger charge is 2.16. The molecule has 0 unspecified atom stereocenters. The Balaban J connectivity index is 2.64. The van der Waals surface area contributed by atoms with Gasteiger partial charge in [-0.1, -0.05) is 11.3 Å². The van der Waals surface area contributed by atoms with Crippen molar-refractivity contribution in [3.05, 3.63) is 21.7 Å². The second-order valence-corrected chi connectivity index (χ2v) is 4.44. The highest BCUT2D eigenvalue weighted by Crippen LogP contribution is 2.28. The number of carbonyl (C=O) groups is 1. The fraction of sp³-hybridized carbons (Fsp3) is 0.300. The van der Waals surface area contributed by atoms with E-state index in [0.717, 1.165) is 0 Å². The first-order valence-corrected chi connectivity index (χ1v) is 5.82. The van der Waals surface area contributed by atoms with Crippen LogP contribution in [0.15, 0.2) is 4.79 Å². The van der Waals surface area contributed by atoms with Crippen LogP contribution in [-0.2, 0) is 4.74 Å². The van der Waals surface area contributed by atoms with Crippen LogP contribution in [0, 0.1) is 6.92 Å². The maximum atomic E-state index is 11.8. The van der Waals surface area contributed by atoms with E-state index < -0.39 is 5.97 Å². The number of nitrogens with zero attached hydrogens (tertiary/aromatic N) is 1. The summed E-state index contributed by atoms with van der Waals surface area (Å²) in [4.78, 5) is 30.1. The topological polar surface area (TPSA) is 98.1 Å². The molecule has 7 heteroatoms. The van der Waals surface area contributed by atoms with Crippen molar-refractivity contribution in [2.24, 2.45) is 0 Å². The normalized spacial score (nSPS) is 10.7. The molecule has 0 spiro atoms. The minimum atomic E-state index is -0.642. The van der Waals surface area contributed by atoms with Crippen molar-refractivity contribution in [3.8, 4) is 0 Å². The van der Waals surface area contributed by atoms with Crippen LogP contribution in [0.25, 0.3) is 10.2 Å². The quantitative estimate of drug-likeness (QED) is 0.779. The molecule has 2 aromatic rings. The van der Waals surface area contributed by atoms with Crippen LogP contribution in [0.5, 0.6) is 0 Å². The van der Waals surface area contributed by atoms with Crippen molar-refractivity contribution in [1.29, 1.82) is 0 Å². The van der Waals surface area contributed by atoms with Crippen molar-refractivity contribution in [2.75, 3.05) is 12.3 Å². The number of nitrogens with one attached hydrogen (secondary N) is 1. The number of aryl methyl sites for hydroxylation is 1. The zero-order valence-electron chi connectivity index (χ0n) is 9.36. The molecule has 6 nitrogen and oxygen atoms in total. The van der Waals surface area contributed by atoms with Gasteiger partial charge in [0.25, 0.3) is 5.56 Å². The van der Waals surface area contributed by atoms with Gasteiger partial charge in [-0.3, -0.25) is 4.79 Å². The fourth-order valence-corrected chi connectivity index (χ4v) is 2.41. The van der Waals surface area contributed by atoms with Gasteiger partial charge in [0.2, 0.25) is 5.82 Å². The van der Waals surface area contributed by atoms with E-state index in [2.05, 4.69) is 9.97 Å². The molecule has 0 amide bonds. The average Bonchev–Trinajstić information content (AvgIpc) is 2.55. The summed E-state index contributed by atoms with van der Waals surface area (Å²) in [5.74, 6) is -0.735. The molecule has 0 aromatic carbocycles. The molecule has 0 aliphatic rings. The number of nitrogen functional groups attached to an aromatic ring is 1. The Morgan fingerprint density at radius 2 is 2.29 bits per heavy atom. The summed E-state index contributed by atoms with van der Waals surface area (Å²) < 4.78 is 4.77. The van der Waals surface area contributed by atoms with Crippen LogP contribution in [-0.4, -0.2) is 22.5 Å². The van der Waals surface area contributed by atoms with Crippen molar-refractivity contribution >= 4 is 32.5 Å². The molecular weight excluding hydrogens is 242 g/mol. The molecule has 0 atom stereocenters. The van der Waals surface area contributed by atoms with Gasteiger partial charge in [-0.2, -0.15) is 0 Å². The van der Waals surface area contributed by atoms with Crippen LogP contribution in [0.4, 0.5) is 5.00 Å². The number of esters is 1. The molecule has 2 aromatic heterocycles. The number of hydrogen-bond acceptors (Lipinski definition) is 6. The first kappa shape index (κ1) is 11.6. The molecule has 3 N–H and O–H groups in total. The maximum absolute atomic E-state index is 11.8. The number of aromatic amines is 1. The summed E-state index contributed by atoms with van der Waals surface area (Å²) >= 11 is 1.18. The van der Waals surface area contributed by atoms with E-state index in [-0.39, 0.29) is 18.0 Å². The van der Waals surface area contributed by atoms with Gasteiger partial charge >= 0.3 is 5.97 Å². The second-order valence-electron chi connectivity index (χ2n) is 3.41. The zero-order chi connectivity index (χ0) is 12.6. The Kier molecular flexibility index (Phi) is 2.84. The first-order chi connectivity index (χ1) is 8.04. The van der Waals surface area contributed by atoms with E-state index in [1.807, 2.05) is 0 Å². The first-order valence-electron chi connectivity index (χ1n) is 5.00. The van der Waals surface area contributed by atoms with E-state index in [1.165, 1.54) is 11.3 Å². The van der Waals surface area contributed by atoms with E-state index in [4.69, 9.17) is 10.5 Å². The Labute approximate surface area is 100 Å². The summed E-state index contributed by atoms with van der Waals surface area (Å²) in [6.07, 6.45) is 0. The number of rotatable bonds is 2. The monoisotopic (exact) mass is 253 g/mol. The number of carbonyl (C=O) groups excluding carboxylic acids is 1. The van der Waals surface area contributed by atoms with Gasteiger partial charge in [-0.25, -0.2) is 9.78 Å². The molecule has 0 aliphatic carbocycles. The van der Waals surface area contributed by atoms with E-state index in [0.29, 0.717) is 20.8 Å². The molecule has 0 saturated heterocycles. The summed E-state index contributed by atoms with van der Waals surface area (Å²) in [5.41, 5.74) is 6.03. The number of nitrogens with two attached hydrogens (primary N) is 1. The number of aromatic nitrogens is 2. The predicted molar refractivity (Wildman–Crippen MR) is 65.3 cm³/mol.